The smallest absolute Gasteiger partial charge is 0.407 e. The number of fused-ring (bicyclic) bond motifs is 3. The first-order chi connectivity index (χ1) is 17.0. The SMILES string of the molecule is CCC1SCC(C(=O)O)N1C(=O)CC1CC(NC(=O)OCC2c3ccccc3-c3ccccc32)C1. The minimum absolute atomic E-state index is 0.0198. The van der Waals surface area contributed by atoms with Crippen LogP contribution >= 0.6 is 11.8 Å². The van der Waals surface area contributed by atoms with Gasteiger partial charge >= 0.3 is 12.1 Å². The summed E-state index contributed by atoms with van der Waals surface area (Å²) in [4.78, 5) is 38.4. The maximum atomic E-state index is 12.8. The van der Waals surface area contributed by atoms with Crippen molar-refractivity contribution in [1.29, 1.82) is 0 Å². The van der Waals surface area contributed by atoms with Gasteiger partial charge in [-0.2, -0.15) is 0 Å². The molecule has 1 saturated heterocycles. The van der Waals surface area contributed by atoms with E-state index < -0.39 is 18.1 Å². The lowest BCUT2D eigenvalue weighted by Gasteiger charge is -2.37. The maximum absolute atomic E-state index is 12.8. The lowest BCUT2D eigenvalue weighted by molar-refractivity contribution is -0.149. The molecule has 1 heterocycles. The number of carboxylic acids is 1. The molecule has 2 aromatic carbocycles. The molecule has 0 radical (unpaired) electrons. The zero-order chi connectivity index (χ0) is 24.5. The van der Waals surface area contributed by atoms with Crippen LogP contribution in [-0.4, -0.2) is 57.8 Å². The number of benzene rings is 2. The second-order valence-corrected chi connectivity index (χ2v) is 10.8. The third-order valence-corrected chi connectivity index (χ3v) is 8.83. The van der Waals surface area contributed by atoms with E-state index in [1.165, 1.54) is 34.0 Å². The quantitative estimate of drug-likeness (QED) is 0.590. The molecular weight excluding hydrogens is 464 g/mol. The van der Waals surface area contributed by atoms with E-state index in [4.69, 9.17) is 4.74 Å². The highest BCUT2D eigenvalue weighted by Crippen LogP contribution is 2.44. The van der Waals surface area contributed by atoms with Crippen molar-refractivity contribution in [2.24, 2.45) is 5.92 Å². The molecule has 2 atom stereocenters. The third kappa shape index (κ3) is 4.63. The number of amides is 2. The molecule has 2 unspecified atom stereocenters. The molecule has 1 aliphatic heterocycles. The summed E-state index contributed by atoms with van der Waals surface area (Å²) in [5.41, 5.74) is 4.73. The summed E-state index contributed by atoms with van der Waals surface area (Å²) in [6, 6.07) is 15.7. The molecule has 2 fully saturated rings. The lowest BCUT2D eigenvalue weighted by Crippen LogP contribution is -2.49. The molecule has 8 heteroatoms. The van der Waals surface area contributed by atoms with Gasteiger partial charge in [0.25, 0.3) is 0 Å². The largest absolute Gasteiger partial charge is 0.480 e. The average Bonchev–Trinajstić information content (AvgIpc) is 3.41. The molecule has 2 amide bonds. The van der Waals surface area contributed by atoms with Crippen molar-refractivity contribution < 1.29 is 24.2 Å². The Hall–Kier alpha value is -3.00. The Balaban J connectivity index is 1.10. The Morgan fingerprint density at radius 3 is 2.29 bits per heavy atom. The summed E-state index contributed by atoms with van der Waals surface area (Å²) >= 11 is 1.53. The molecule has 0 spiro atoms. The molecule has 7 nitrogen and oxygen atoms in total. The van der Waals surface area contributed by atoms with Crippen molar-refractivity contribution in [3.63, 3.8) is 0 Å². The van der Waals surface area contributed by atoms with Gasteiger partial charge in [0.05, 0.1) is 5.37 Å². The number of rotatable bonds is 7. The number of carboxylic acid groups (broad SMARTS) is 1. The molecule has 184 valence electrons. The topological polar surface area (TPSA) is 95.9 Å². The lowest BCUT2D eigenvalue weighted by atomic mass is 9.78. The van der Waals surface area contributed by atoms with Crippen molar-refractivity contribution in [3.8, 4) is 11.1 Å². The number of hydrogen-bond donors (Lipinski definition) is 2. The van der Waals surface area contributed by atoms with E-state index in [2.05, 4.69) is 29.6 Å². The van der Waals surface area contributed by atoms with Gasteiger partial charge in [0.2, 0.25) is 5.91 Å². The monoisotopic (exact) mass is 494 g/mol. The Bertz CT molecular complexity index is 1090. The van der Waals surface area contributed by atoms with Crippen LogP contribution in [0.25, 0.3) is 11.1 Å². The van der Waals surface area contributed by atoms with Crippen molar-refractivity contribution in [3.05, 3.63) is 59.7 Å². The first-order valence-corrected chi connectivity index (χ1v) is 13.3. The molecule has 3 aliphatic rings. The van der Waals surface area contributed by atoms with Crippen LogP contribution in [0.2, 0.25) is 0 Å². The Morgan fingerprint density at radius 1 is 1.06 bits per heavy atom. The van der Waals surface area contributed by atoms with Crippen LogP contribution in [0.15, 0.2) is 48.5 Å². The Labute approximate surface area is 209 Å². The number of nitrogens with zero attached hydrogens (tertiary/aromatic N) is 1. The van der Waals surface area contributed by atoms with E-state index in [9.17, 15) is 19.5 Å². The van der Waals surface area contributed by atoms with Crippen LogP contribution < -0.4 is 5.32 Å². The van der Waals surface area contributed by atoms with Crippen LogP contribution in [0.3, 0.4) is 0 Å². The predicted molar refractivity (Wildman–Crippen MR) is 134 cm³/mol. The number of carbonyl (C=O) groups excluding carboxylic acids is 2. The standard InChI is InChI=1S/C27H30N2O5S/c1-2-25-29(23(15-35-25)26(31)32)24(30)13-16-11-17(12-16)28-27(33)34-14-22-20-9-5-3-7-18(20)19-8-4-6-10-21(19)22/h3-10,16-17,22-23,25H,2,11-15H2,1H3,(H,28,33)(H,31,32). The zero-order valence-electron chi connectivity index (χ0n) is 19.7. The first kappa shape index (κ1) is 23.7. The number of alkyl carbamates (subject to hydrolysis) is 1. The molecule has 0 aromatic heterocycles. The van der Waals surface area contributed by atoms with Crippen LogP contribution in [0.1, 0.15) is 49.7 Å². The summed E-state index contributed by atoms with van der Waals surface area (Å²) in [6.45, 7) is 2.25. The number of aliphatic carboxylic acids is 1. The summed E-state index contributed by atoms with van der Waals surface area (Å²) in [7, 11) is 0. The summed E-state index contributed by atoms with van der Waals surface area (Å²) in [6.07, 6.45) is 2.02. The van der Waals surface area contributed by atoms with Crippen molar-refractivity contribution in [2.75, 3.05) is 12.4 Å². The molecule has 2 aliphatic carbocycles. The van der Waals surface area contributed by atoms with E-state index in [1.807, 2.05) is 31.2 Å². The summed E-state index contributed by atoms with van der Waals surface area (Å²) in [5, 5.41) is 12.3. The van der Waals surface area contributed by atoms with Crippen molar-refractivity contribution >= 4 is 29.7 Å². The second kappa shape index (κ2) is 9.93. The average molecular weight is 495 g/mol. The minimum atomic E-state index is -0.940. The molecule has 0 bridgehead atoms. The van der Waals surface area contributed by atoms with E-state index in [1.54, 1.807) is 4.90 Å². The van der Waals surface area contributed by atoms with Crippen LogP contribution in [-0.2, 0) is 14.3 Å². The van der Waals surface area contributed by atoms with E-state index >= 15 is 0 Å². The summed E-state index contributed by atoms with van der Waals surface area (Å²) < 4.78 is 5.62. The third-order valence-electron chi connectivity index (χ3n) is 7.38. The van der Waals surface area contributed by atoms with Crippen LogP contribution in [0.5, 0.6) is 0 Å². The highest BCUT2D eigenvalue weighted by atomic mass is 32.2. The van der Waals surface area contributed by atoms with Gasteiger partial charge in [0.1, 0.15) is 12.6 Å². The first-order valence-electron chi connectivity index (χ1n) is 12.2. The van der Waals surface area contributed by atoms with Gasteiger partial charge < -0.3 is 20.1 Å². The van der Waals surface area contributed by atoms with E-state index in [0.29, 0.717) is 25.0 Å². The van der Waals surface area contributed by atoms with Crippen LogP contribution in [0, 0.1) is 5.92 Å². The number of nitrogens with one attached hydrogen (secondary N) is 1. The number of hydrogen-bond acceptors (Lipinski definition) is 5. The number of carbonyl (C=O) groups is 3. The zero-order valence-corrected chi connectivity index (χ0v) is 20.5. The van der Waals surface area contributed by atoms with Crippen LogP contribution in [0.4, 0.5) is 4.79 Å². The summed E-state index contributed by atoms with van der Waals surface area (Å²) in [5.74, 6) is -0.425. The van der Waals surface area contributed by atoms with Gasteiger partial charge in [-0.25, -0.2) is 9.59 Å². The highest BCUT2D eigenvalue weighted by molar-refractivity contribution is 8.00. The van der Waals surface area contributed by atoms with Crippen molar-refractivity contribution in [1.82, 2.24) is 10.2 Å². The van der Waals surface area contributed by atoms with Gasteiger partial charge in [0.15, 0.2) is 0 Å². The molecular formula is C27H30N2O5S. The van der Waals surface area contributed by atoms with Crippen molar-refractivity contribution in [2.45, 2.75) is 56.0 Å². The highest BCUT2D eigenvalue weighted by Gasteiger charge is 2.42. The minimum Gasteiger partial charge on any atom is -0.480 e. The Kier molecular flexibility index (Phi) is 6.73. The van der Waals surface area contributed by atoms with E-state index in [-0.39, 0.29) is 35.8 Å². The maximum Gasteiger partial charge on any atom is 0.407 e. The van der Waals surface area contributed by atoms with Gasteiger partial charge in [0, 0.05) is 24.1 Å². The molecule has 35 heavy (non-hydrogen) atoms. The molecule has 2 aromatic rings. The van der Waals surface area contributed by atoms with Gasteiger partial charge in [-0.3, -0.25) is 4.79 Å². The fourth-order valence-corrected chi connectivity index (χ4v) is 6.95. The normalized spacial score (nSPS) is 24.9. The molecule has 2 N–H and O–H groups in total. The number of thioether (sulfide) groups is 1. The fourth-order valence-electron chi connectivity index (χ4n) is 5.58. The molecule has 5 rings (SSSR count). The van der Waals surface area contributed by atoms with Gasteiger partial charge in [-0.05, 0) is 47.4 Å². The fraction of sp³-hybridized carbons (Fsp3) is 0.444. The molecule has 1 saturated carbocycles. The Morgan fingerprint density at radius 2 is 1.69 bits per heavy atom. The second-order valence-electron chi connectivity index (χ2n) is 9.56. The van der Waals surface area contributed by atoms with Gasteiger partial charge in [-0.1, -0.05) is 55.5 Å². The predicted octanol–water partition coefficient (Wildman–Crippen LogP) is 4.46. The van der Waals surface area contributed by atoms with E-state index in [0.717, 1.165) is 6.42 Å². The number of ether oxygens (including phenoxy) is 1. The van der Waals surface area contributed by atoms with Gasteiger partial charge in [-0.15, -0.1) is 11.8 Å².